The Morgan fingerprint density at radius 1 is 1.33 bits per heavy atom. The van der Waals surface area contributed by atoms with Crippen LogP contribution in [0.5, 0.6) is 0 Å². The molecule has 0 spiro atoms. The molecule has 3 unspecified atom stereocenters. The van der Waals surface area contributed by atoms with E-state index in [1.807, 2.05) is 0 Å². The summed E-state index contributed by atoms with van der Waals surface area (Å²) in [6.07, 6.45) is 4.42. The monoisotopic (exact) mass is 254 g/mol. The second-order valence-corrected chi connectivity index (χ2v) is 6.64. The van der Waals surface area contributed by atoms with E-state index in [1.165, 1.54) is 25.8 Å². The molecule has 0 aromatic heterocycles. The molecule has 0 bridgehead atoms. The van der Waals surface area contributed by atoms with Crippen LogP contribution in [-0.4, -0.2) is 49.8 Å². The van der Waals surface area contributed by atoms with Crippen LogP contribution >= 0.6 is 0 Å². The fourth-order valence-electron chi connectivity index (χ4n) is 3.39. The maximum atomic E-state index is 5.95. The van der Waals surface area contributed by atoms with Crippen molar-refractivity contribution in [3.8, 4) is 0 Å². The Balaban J connectivity index is 1.59. The van der Waals surface area contributed by atoms with Crippen molar-refractivity contribution < 1.29 is 4.74 Å². The number of hydrogen-bond acceptors (Lipinski definition) is 3. The van der Waals surface area contributed by atoms with Crippen LogP contribution in [0, 0.1) is 11.8 Å². The van der Waals surface area contributed by atoms with Gasteiger partial charge in [0.25, 0.3) is 0 Å². The van der Waals surface area contributed by atoms with Gasteiger partial charge in [0.15, 0.2) is 0 Å². The van der Waals surface area contributed by atoms with E-state index in [4.69, 9.17) is 4.74 Å². The van der Waals surface area contributed by atoms with E-state index in [2.05, 4.69) is 31.0 Å². The molecule has 18 heavy (non-hydrogen) atoms. The van der Waals surface area contributed by atoms with E-state index in [0.29, 0.717) is 6.10 Å². The number of morpholine rings is 1. The first-order chi connectivity index (χ1) is 8.65. The van der Waals surface area contributed by atoms with Gasteiger partial charge >= 0.3 is 0 Å². The van der Waals surface area contributed by atoms with E-state index in [0.717, 1.165) is 44.1 Å². The lowest BCUT2D eigenvalue weighted by Crippen LogP contribution is -2.49. The third kappa shape index (κ3) is 4.22. The minimum Gasteiger partial charge on any atom is -0.374 e. The normalized spacial score (nSPS) is 30.7. The Kier molecular flexibility index (Phi) is 5.46. The third-order valence-electron chi connectivity index (χ3n) is 4.20. The maximum Gasteiger partial charge on any atom is 0.0826 e. The average Bonchev–Trinajstić information content (AvgIpc) is 2.75. The quantitative estimate of drug-likeness (QED) is 0.786. The van der Waals surface area contributed by atoms with Crippen LogP contribution in [0.4, 0.5) is 0 Å². The van der Waals surface area contributed by atoms with Gasteiger partial charge in [0.1, 0.15) is 0 Å². The van der Waals surface area contributed by atoms with E-state index in [1.54, 1.807) is 0 Å². The Morgan fingerprint density at radius 2 is 2.17 bits per heavy atom. The van der Waals surface area contributed by atoms with E-state index in [-0.39, 0.29) is 0 Å². The van der Waals surface area contributed by atoms with Gasteiger partial charge in [-0.3, -0.25) is 4.90 Å². The zero-order chi connectivity index (χ0) is 13.0. The molecule has 0 aromatic carbocycles. The molecule has 2 rings (SSSR count). The SMILES string of the molecule is CC(C)CC(C)CNCC1CN2CCCC2CO1. The minimum absolute atomic E-state index is 0.408. The molecular formula is C15H30N2O. The molecule has 2 fully saturated rings. The zero-order valence-corrected chi connectivity index (χ0v) is 12.3. The summed E-state index contributed by atoms with van der Waals surface area (Å²) in [6.45, 7) is 12.5. The van der Waals surface area contributed by atoms with E-state index >= 15 is 0 Å². The molecule has 3 heteroatoms. The molecule has 3 atom stereocenters. The second-order valence-electron chi connectivity index (χ2n) is 6.64. The van der Waals surface area contributed by atoms with Crippen molar-refractivity contribution in [1.82, 2.24) is 10.2 Å². The predicted molar refractivity (Wildman–Crippen MR) is 75.8 cm³/mol. The highest BCUT2D eigenvalue weighted by Crippen LogP contribution is 2.22. The van der Waals surface area contributed by atoms with Gasteiger partial charge in [0.2, 0.25) is 0 Å². The van der Waals surface area contributed by atoms with Gasteiger partial charge in [-0.05, 0) is 44.2 Å². The van der Waals surface area contributed by atoms with Gasteiger partial charge in [-0.2, -0.15) is 0 Å². The summed E-state index contributed by atoms with van der Waals surface area (Å²) in [5.74, 6) is 1.58. The van der Waals surface area contributed by atoms with Crippen molar-refractivity contribution in [2.75, 3.05) is 32.8 Å². The van der Waals surface area contributed by atoms with E-state index < -0.39 is 0 Å². The molecule has 1 N–H and O–H groups in total. The highest BCUT2D eigenvalue weighted by Gasteiger charge is 2.31. The van der Waals surface area contributed by atoms with Crippen LogP contribution in [0.3, 0.4) is 0 Å². The molecule has 3 nitrogen and oxygen atoms in total. The summed E-state index contributed by atoms with van der Waals surface area (Å²) < 4.78 is 5.95. The third-order valence-corrected chi connectivity index (χ3v) is 4.20. The number of ether oxygens (including phenoxy) is 1. The lowest BCUT2D eigenvalue weighted by Gasteiger charge is -2.35. The number of rotatable bonds is 6. The lowest BCUT2D eigenvalue weighted by molar-refractivity contribution is -0.0471. The Morgan fingerprint density at radius 3 is 2.94 bits per heavy atom. The maximum absolute atomic E-state index is 5.95. The van der Waals surface area contributed by atoms with Crippen molar-refractivity contribution in [3.63, 3.8) is 0 Å². The van der Waals surface area contributed by atoms with Crippen LogP contribution in [-0.2, 0) is 4.74 Å². The summed E-state index contributed by atoms with van der Waals surface area (Å²) in [7, 11) is 0. The molecule has 2 aliphatic heterocycles. The van der Waals surface area contributed by atoms with E-state index in [9.17, 15) is 0 Å². The molecule has 2 saturated heterocycles. The summed E-state index contributed by atoms with van der Waals surface area (Å²) >= 11 is 0. The van der Waals surface area contributed by atoms with Crippen molar-refractivity contribution in [1.29, 1.82) is 0 Å². The average molecular weight is 254 g/mol. The van der Waals surface area contributed by atoms with Crippen LogP contribution < -0.4 is 5.32 Å². The summed E-state index contributed by atoms with van der Waals surface area (Å²) in [5, 5.41) is 3.59. The molecule has 2 heterocycles. The number of fused-ring (bicyclic) bond motifs is 1. The van der Waals surface area contributed by atoms with Crippen molar-refractivity contribution >= 4 is 0 Å². The Labute approximate surface area is 112 Å². The van der Waals surface area contributed by atoms with Crippen molar-refractivity contribution in [2.45, 2.75) is 52.2 Å². The molecule has 0 aliphatic carbocycles. The smallest absolute Gasteiger partial charge is 0.0826 e. The summed E-state index contributed by atoms with van der Waals surface area (Å²) in [4.78, 5) is 2.62. The topological polar surface area (TPSA) is 24.5 Å². The standard InChI is InChI=1S/C15H30N2O/c1-12(2)7-13(3)8-16-9-15-10-17-6-4-5-14(17)11-18-15/h12-16H,4-11H2,1-3H3. The van der Waals surface area contributed by atoms with Crippen molar-refractivity contribution in [2.24, 2.45) is 11.8 Å². The molecule has 0 aromatic rings. The molecular weight excluding hydrogens is 224 g/mol. The van der Waals surface area contributed by atoms with Gasteiger partial charge in [-0.25, -0.2) is 0 Å². The Hall–Kier alpha value is -0.120. The largest absolute Gasteiger partial charge is 0.374 e. The number of hydrogen-bond donors (Lipinski definition) is 1. The van der Waals surface area contributed by atoms with Gasteiger partial charge in [-0.1, -0.05) is 20.8 Å². The molecule has 106 valence electrons. The summed E-state index contributed by atoms with van der Waals surface area (Å²) in [5.41, 5.74) is 0. The fourth-order valence-corrected chi connectivity index (χ4v) is 3.39. The van der Waals surface area contributed by atoms with Gasteiger partial charge < -0.3 is 10.1 Å². The minimum atomic E-state index is 0.408. The first kappa shape index (κ1) is 14.3. The van der Waals surface area contributed by atoms with Gasteiger partial charge in [0.05, 0.1) is 12.7 Å². The van der Waals surface area contributed by atoms with Crippen molar-refractivity contribution in [3.05, 3.63) is 0 Å². The molecule has 2 aliphatic rings. The highest BCUT2D eigenvalue weighted by atomic mass is 16.5. The lowest BCUT2D eigenvalue weighted by atomic mass is 9.99. The van der Waals surface area contributed by atoms with Crippen LogP contribution in [0.25, 0.3) is 0 Å². The molecule has 0 saturated carbocycles. The van der Waals surface area contributed by atoms with Crippen LogP contribution in [0.15, 0.2) is 0 Å². The number of nitrogens with one attached hydrogen (secondary N) is 1. The fraction of sp³-hybridized carbons (Fsp3) is 1.00. The summed E-state index contributed by atoms with van der Waals surface area (Å²) in [6, 6.07) is 0.723. The number of nitrogens with zero attached hydrogens (tertiary/aromatic N) is 1. The van der Waals surface area contributed by atoms with Crippen LogP contribution in [0.2, 0.25) is 0 Å². The highest BCUT2D eigenvalue weighted by molar-refractivity contribution is 4.85. The predicted octanol–water partition coefficient (Wildman–Crippen LogP) is 2.12. The van der Waals surface area contributed by atoms with Gasteiger partial charge in [-0.15, -0.1) is 0 Å². The molecule has 0 amide bonds. The Bertz CT molecular complexity index is 245. The zero-order valence-electron chi connectivity index (χ0n) is 12.3. The first-order valence-corrected chi connectivity index (χ1v) is 7.71. The van der Waals surface area contributed by atoms with Gasteiger partial charge in [0, 0.05) is 19.1 Å². The van der Waals surface area contributed by atoms with Crippen LogP contribution in [0.1, 0.15) is 40.0 Å². The first-order valence-electron chi connectivity index (χ1n) is 7.71. The second kappa shape index (κ2) is 6.88. The molecule has 0 radical (unpaired) electrons.